The molecule has 2 aromatic carbocycles. The van der Waals surface area contributed by atoms with Crippen molar-refractivity contribution in [3.05, 3.63) is 61.7 Å². The number of rotatable bonds is 3. The highest BCUT2D eigenvalue weighted by Gasteiger charge is 2.38. The molecule has 10 heteroatoms. The molecule has 29 heavy (non-hydrogen) atoms. The van der Waals surface area contributed by atoms with E-state index in [1.807, 2.05) is 0 Å². The van der Waals surface area contributed by atoms with Crippen LogP contribution in [0.2, 0.25) is 5.02 Å². The van der Waals surface area contributed by atoms with Gasteiger partial charge in [0.2, 0.25) is 0 Å². The van der Waals surface area contributed by atoms with Gasteiger partial charge < -0.3 is 10.4 Å². The molecule has 2 N–H and O–H groups in total. The van der Waals surface area contributed by atoms with E-state index in [0.29, 0.717) is 17.7 Å². The number of anilines is 1. The molecule has 0 aromatic heterocycles. The fraction of sp³-hybridized carbons (Fsp3) is 0.316. The van der Waals surface area contributed by atoms with Crippen molar-refractivity contribution in [2.75, 3.05) is 5.32 Å². The molecule has 2 aromatic rings. The number of nitrogens with one attached hydrogen (secondary N) is 1. The first-order chi connectivity index (χ1) is 13.1. The molecule has 0 aliphatic carbocycles. The van der Waals surface area contributed by atoms with Crippen molar-refractivity contribution in [2.24, 2.45) is 0 Å². The molecule has 0 spiro atoms. The lowest BCUT2D eigenvalue weighted by molar-refractivity contribution is -0.388. The Bertz CT molecular complexity index is 998. The third kappa shape index (κ3) is 4.61. The average Bonchev–Trinajstić information content (AvgIpc) is 2.56. The van der Waals surface area contributed by atoms with E-state index < -0.39 is 33.7 Å². The largest absolute Gasteiger partial charge is 0.507 e. The second-order valence-electron chi connectivity index (χ2n) is 7.45. The molecular weight excluding hydrogens is 413 g/mol. The van der Waals surface area contributed by atoms with Crippen molar-refractivity contribution in [1.29, 1.82) is 0 Å². The summed E-state index contributed by atoms with van der Waals surface area (Å²) in [5.74, 6) is -1.23. The lowest BCUT2D eigenvalue weighted by atomic mass is 9.84. The van der Waals surface area contributed by atoms with Crippen LogP contribution in [0.5, 0.6) is 5.75 Å². The molecule has 6 nitrogen and oxygen atoms in total. The molecule has 0 saturated heterocycles. The number of alkyl halides is 3. The van der Waals surface area contributed by atoms with Crippen LogP contribution in [0, 0.1) is 17.0 Å². The number of carbonyl (C=O) groups is 1. The van der Waals surface area contributed by atoms with Crippen LogP contribution < -0.4 is 5.32 Å². The van der Waals surface area contributed by atoms with Crippen molar-refractivity contribution in [3.8, 4) is 5.75 Å². The van der Waals surface area contributed by atoms with E-state index in [1.54, 1.807) is 20.8 Å². The number of halogens is 4. The third-order valence-corrected chi connectivity index (χ3v) is 4.68. The number of hydrogen-bond donors (Lipinski definition) is 2. The number of phenols is 1. The predicted molar refractivity (Wildman–Crippen MR) is 103 cm³/mol. The van der Waals surface area contributed by atoms with Gasteiger partial charge in [-0.1, -0.05) is 32.4 Å². The first kappa shape index (κ1) is 22.5. The first-order valence-corrected chi connectivity index (χ1v) is 8.72. The van der Waals surface area contributed by atoms with Gasteiger partial charge in [0.1, 0.15) is 11.3 Å². The molecule has 0 atom stereocenters. The zero-order valence-electron chi connectivity index (χ0n) is 15.9. The molecule has 0 aliphatic rings. The summed E-state index contributed by atoms with van der Waals surface area (Å²) in [4.78, 5) is 22.4. The second-order valence-corrected chi connectivity index (χ2v) is 7.85. The van der Waals surface area contributed by atoms with Crippen molar-refractivity contribution < 1.29 is 28.0 Å². The summed E-state index contributed by atoms with van der Waals surface area (Å²) >= 11 is 6.17. The van der Waals surface area contributed by atoms with Gasteiger partial charge in [0, 0.05) is 22.3 Å². The molecule has 0 saturated carbocycles. The van der Waals surface area contributed by atoms with E-state index in [2.05, 4.69) is 5.32 Å². The highest BCUT2D eigenvalue weighted by atomic mass is 35.5. The molecule has 2 rings (SSSR count). The Hall–Kier alpha value is -2.81. The summed E-state index contributed by atoms with van der Waals surface area (Å²) in [6.45, 7) is 6.87. The molecule has 0 heterocycles. The SMILES string of the molecule is Cc1c(Cl)cc(C(C)(C)C)c(O)c1C(=O)Nc1ccc([N+](=O)[O-])c(C(F)(F)F)c1. The monoisotopic (exact) mass is 430 g/mol. The number of phenolic OH excluding ortho intramolecular Hbond substituents is 1. The Labute approximate surface area is 169 Å². The number of nitrogens with zero attached hydrogens (tertiary/aromatic N) is 1. The van der Waals surface area contributed by atoms with Gasteiger partial charge in [-0.2, -0.15) is 13.2 Å². The van der Waals surface area contributed by atoms with Crippen molar-refractivity contribution in [1.82, 2.24) is 0 Å². The minimum Gasteiger partial charge on any atom is -0.507 e. The summed E-state index contributed by atoms with van der Waals surface area (Å²) in [6.07, 6.45) is -4.99. The van der Waals surface area contributed by atoms with Crippen LogP contribution >= 0.6 is 11.6 Å². The average molecular weight is 431 g/mol. The number of benzene rings is 2. The van der Waals surface area contributed by atoms with Gasteiger partial charge in [-0.3, -0.25) is 14.9 Å². The standard InChI is InChI=1S/C19H18ClF3N2O4/c1-9-13(20)8-12(18(2,3)4)16(26)15(9)17(27)24-10-5-6-14(25(28)29)11(7-10)19(21,22)23/h5-8,26H,1-4H3,(H,24,27). The van der Waals surface area contributed by atoms with Crippen LogP contribution in [0.4, 0.5) is 24.5 Å². The number of amides is 1. The zero-order valence-corrected chi connectivity index (χ0v) is 16.7. The van der Waals surface area contributed by atoms with Gasteiger partial charge >= 0.3 is 6.18 Å². The van der Waals surface area contributed by atoms with Crippen LogP contribution in [-0.4, -0.2) is 15.9 Å². The third-order valence-electron chi connectivity index (χ3n) is 4.29. The van der Waals surface area contributed by atoms with Gasteiger partial charge in [-0.05, 0) is 36.1 Å². The van der Waals surface area contributed by atoms with E-state index in [-0.39, 0.29) is 27.6 Å². The van der Waals surface area contributed by atoms with Gasteiger partial charge in [0.15, 0.2) is 0 Å². The molecule has 0 unspecified atom stereocenters. The minimum absolute atomic E-state index is 0.186. The highest BCUT2D eigenvalue weighted by molar-refractivity contribution is 6.32. The van der Waals surface area contributed by atoms with Crippen molar-refractivity contribution in [2.45, 2.75) is 39.3 Å². The molecule has 0 radical (unpaired) electrons. The number of nitro groups is 1. The van der Waals surface area contributed by atoms with Crippen LogP contribution in [-0.2, 0) is 11.6 Å². The Morgan fingerprint density at radius 2 is 1.76 bits per heavy atom. The smallest absolute Gasteiger partial charge is 0.423 e. The first-order valence-electron chi connectivity index (χ1n) is 8.34. The van der Waals surface area contributed by atoms with Crippen LogP contribution in [0.1, 0.15) is 47.8 Å². The van der Waals surface area contributed by atoms with E-state index >= 15 is 0 Å². The van der Waals surface area contributed by atoms with E-state index in [0.717, 1.165) is 6.07 Å². The van der Waals surface area contributed by atoms with E-state index in [4.69, 9.17) is 11.6 Å². The molecule has 0 bridgehead atoms. The Kier molecular flexibility index (Phi) is 5.85. The number of nitro benzene ring substituents is 1. The van der Waals surface area contributed by atoms with Crippen LogP contribution in [0.3, 0.4) is 0 Å². The number of aromatic hydroxyl groups is 1. The van der Waals surface area contributed by atoms with E-state index in [9.17, 15) is 33.2 Å². The summed E-state index contributed by atoms with van der Waals surface area (Å²) < 4.78 is 39.4. The summed E-state index contributed by atoms with van der Waals surface area (Å²) in [7, 11) is 0. The highest BCUT2D eigenvalue weighted by Crippen LogP contribution is 2.40. The van der Waals surface area contributed by atoms with Crippen molar-refractivity contribution in [3.63, 3.8) is 0 Å². The Morgan fingerprint density at radius 3 is 2.24 bits per heavy atom. The van der Waals surface area contributed by atoms with E-state index in [1.165, 1.54) is 13.0 Å². The van der Waals surface area contributed by atoms with Gasteiger partial charge in [-0.15, -0.1) is 0 Å². The maximum atomic E-state index is 13.1. The van der Waals surface area contributed by atoms with Crippen LogP contribution in [0.15, 0.2) is 24.3 Å². The molecular formula is C19H18ClF3N2O4. The molecule has 0 fully saturated rings. The van der Waals surface area contributed by atoms with Gasteiger partial charge in [0.05, 0.1) is 10.5 Å². The lowest BCUT2D eigenvalue weighted by Crippen LogP contribution is -2.19. The normalized spacial score (nSPS) is 12.0. The van der Waals surface area contributed by atoms with Gasteiger partial charge in [0.25, 0.3) is 11.6 Å². The number of hydrogen-bond acceptors (Lipinski definition) is 4. The summed E-state index contributed by atoms with van der Waals surface area (Å²) in [5.41, 5.74) is -3.06. The predicted octanol–water partition coefficient (Wildman–Crippen LogP) is 5.83. The van der Waals surface area contributed by atoms with Crippen molar-refractivity contribution >= 4 is 28.9 Å². The zero-order chi connectivity index (χ0) is 22.3. The Balaban J connectivity index is 2.54. The fourth-order valence-corrected chi connectivity index (χ4v) is 2.98. The molecule has 1 amide bonds. The van der Waals surface area contributed by atoms with Gasteiger partial charge in [-0.25, -0.2) is 0 Å². The fourth-order valence-electron chi connectivity index (χ4n) is 2.78. The molecule has 156 valence electrons. The quantitative estimate of drug-likeness (QED) is 0.473. The Morgan fingerprint density at radius 1 is 1.17 bits per heavy atom. The minimum atomic E-state index is -4.99. The maximum Gasteiger partial charge on any atom is 0.423 e. The summed E-state index contributed by atoms with van der Waals surface area (Å²) in [6, 6.07) is 3.63. The lowest BCUT2D eigenvalue weighted by Gasteiger charge is -2.23. The molecule has 0 aliphatic heterocycles. The second kappa shape index (κ2) is 7.55. The maximum absolute atomic E-state index is 13.1. The topological polar surface area (TPSA) is 92.5 Å². The summed E-state index contributed by atoms with van der Waals surface area (Å²) in [5, 5.41) is 23.9. The van der Waals surface area contributed by atoms with Crippen LogP contribution in [0.25, 0.3) is 0 Å². The number of carbonyl (C=O) groups excluding carboxylic acids is 1.